The molecule has 0 aliphatic rings. The zero-order valence-corrected chi connectivity index (χ0v) is 12.8. The number of aryl methyl sites for hydroxylation is 1. The van der Waals surface area contributed by atoms with Gasteiger partial charge in [0.15, 0.2) is 0 Å². The minimum atomic E-state index is 0.509. The Morgan fingerprint density at radius 3 is 2.68 bits per heavy atom. The van der Waals surface area contributed by atoms with Crippen LogP contribution >= 0.6 is 0 Å². The Morgan fingerprint density at radius 2 is 2.11 bits per heavy atom. The average molecular weight is 264 g/mol. The second kappa shape index (κ2) is 8.18. The minimum Gasteiger partial charge on any atom is -0.383 e. The summed E-state index contributed by atoms with van der Waals surface area (Å²) in [5.74, 6) is 0. The molecule has 19 heavy (non-hydrogen) atoms. The molecule has 0 saturated carbocycles. The van der Waals surface area contributed by atoms with Gasteiger partial charge in [-0.25, -0.2) is 0 Å². The number of methoxy groups -OCH3 is 1. The van der Waals surface area contributed by atoms with E-state index in [9.17, 15) is 0 Å². The van der Waals surface area contributed by atoms with Crippen molar-refractivity contribution in [3.63, 3.8) is 0 Å². The first-order chi connectivity index (χ1) is 9.13. The molecular formula is C16H28N2O. The van der Waals surface area contributed by atoms with E-state index in [1.54, 1.807) is 7.11 Å². The predicted octanol–water partition coefficient (Wildman–Crippen LogP) is 2.75. The van der Waals surface area contributed by atoms with Crippen LogP contribution in [0.5, 0.6) is 0 Å². The fraction of sp³-hybridized carbons (Fsp3) is 0.625. The van der Waals surface area contributed by atoms with E-state index in [0.29, 0.717) is 12.6 Å². The molecule has 0 radical (unpaired) electrons. The van der Waals surface area contributed by atoms with Gasteiger partial charge in [-0.3, -0.25) is 0 Å². The number of hydrogen-bond donors (Lipinski definition) is 1. The molecule has 1 rings (SSSR count). The van der Waals surface area contributed by atoms with Crippen molar-refractivity contribution in [1.29, 1.82) is 0 Å². The Hall–Kier alpha value is -1.06. The number of nitrogens with two attached hydrogens (primary N) is 1. The van der Waals surface area contributed by atoms with Crippen molar-refractivity contribution in [3.8, 4) is 0 Å². The molecule has 108 valence electrons. The maximum atomic E-state index is 5.75. The number of hydrogen-bond acceptors (Lipinski definition) is 3. The van der Waals surface area contributed by atoms with E-state index in [-0.39, 0.29) is 0 Å². The van der Waals surface area contributed by atoms with Crippen LogP contribution in [0.1, 0.15) is 31.4 Å². The lowest BCUT2D eigenvalue weighted by molar-refractivity contribution is 0.203. The van der Waals surface area contributed by atoms with Crippen LogP contribution < -0.4 is 10.6 Å². The highest BCUT2D eigenvalue weighted by Gasteiger charge is 2.16. The van der Waals surface area contributed by atoms with E-state index in [0.717, 1.165) is 26.0 Å². The van der Waals surface area contributed by atoms with Gasteiger partial charge < -0.3 is 15.4 Å². The Bertz CT molecular complexity index is 379. The summed E-state index contributed by atoms with van der Waals surface area (Å²) in [4.78, 5) is 2.44. The van der Waals surface area contributed by atoms with Crippen molar-refractivity contribution in [3.05, 3.63) is 29.3 Å². The van der Waals surface area contributed by atoms with Crippen LogP contribution in [0.25, 0.3) is 0 Å². The number of anilines is 1. The molecule has 0 fully saturated rings. The molecule has 0 aliphatic heterocycles. The molecule has 1 aromatic rings. The summed E-state index contributed by atoms with van der Waals surface area (Å²) in [6.45, 7) is 8.98. The lowest BCUT2D eigenvalue weighted by Gasteiger charge is -2.32. The van der Waals surface area contributed by atoms with Gasteiger partial charge >= 0.3 is 0 Å². The van der Waals surface area contributed by atoms with Gasteiger partial charge in [0.25, 0.3) is 0 Å². The first-order valence-corrected chi connectivity index (χ1v) is 7.19. The van der Waals surface area contributed by atoms with E-state index in [4.69, 9.17) is 10.5 Å². The van der Waals surface area contributed by atoms with Crippen molar-refractivity contribution in [2.24, 2.45) is 5.73 Å². The number of nitrogens with zero attached hydrogens (tertiary/aromatic N) is 1. The highest BCUT2D eigenvalue weighted by Crippen LogP contribution is 2.25. The van der Waals surface area contributed by atoms with Crippen molar-refractivity contribution in [2.75, 3.05) is 31.7 Å². The van der Waals surface area contributed by atoms with Gasteiger partial charge in [-0.1, -0.05) is 24.6 Å². The smallest absolute Gasteiger partial charge is 0.0637 e. The van der Waals surface area contributed by atoms with Crippen molar-refractivity contribution < 1.29 is 4.74 Å². The van der Waals surface area contributed by atoms with E-state index in [1.807, 2.05) is 0 Å². The first-order valence-electron chi connectivity index (χ1n) is 7.19. The third kappa shape index (κ3) is 4.51. The predicted molar refractivity (Wildman–Crippen MR) is 82.9 cm³/mol. The molecule has 0 spiro atoms. The molecule has 3 heteroatoms. The third-order valence-corrected chi connectivity index (χ3v) is 3.62. The summed E-state index contributed by atoms with van der Waals surface area (Å²) in [7, 11) is 1.75. The summed E-state index contributed by atoms with van der Waals surface area (Å²) >= 11 is 0. The normalized spacial score (nSPS) is 12.5. The van der Waals surface area contributed by atoms with Gasteiger partial charge in [0.05, 0.1) is 6.61 Å². The molecule has 1 aromatic carbocycles. The van der Waals surface area contributed by atoms with E-state index >= 15 is 0 Å². The van der Waals surface area contributed by atoms with Gasteiger partial charge in [0.1, 0.15) is 0 Å². The van der Waals surface area contributed by atoms with Crippen LogP contribution in [0, 0.1) is 6.92 Å². The van der Waals surface area contributed by atoms with E-state index < -0.39 is 0 Å². The Morgan fingerprint density at radius 1 is 1.37 bits per heavy atom. The molecular weight excluding hydrogens is 236 g/mol. The van der Waals surface area contributed by atoms with Crippen molar-refractivity contribution in [1.82, 2.24) is 0 Å². The molecule has 1 unspecified atom stereocenters. The fourth-order valence-corrected chi connectivity index (χ4v) is 2.34. The first kappa shape index (κ1) is 16.0. The van der Waals surface area contributed by atoms with Crippen LogP contribution in [0.15, 0.2) is 18.2 Å². The Balaban J connectivity index is 3.05. The summed E-state index contributed by atoms with van der Waals surface area (Å²) < 4.78 is 5.25. The second-order valence-electron chi connectivity index (χ2n) is 5.11. The van der Waals surface area contributed by atoms with Gasteiger partial charge in [-0.05, 0) is 44.9 Å². The van der Waals surface area contributed by atoms with E-state index in [2.05, 4.69) is 43.9 Å². The Labute approximate surface area is 117 Å². The van der Waals surface area contributed by atoms with Gasteiger partial charge in [-0.2, -0.15) is 0 Å². The molecule has 3 nitrogen and oxygen atoms in total. The monoisotopic (exact) mass is 264 g/mol. The zero-order valence-electron chi connectivity index (χ0n) is 12.8. The number of ether oxygens (including phenoxy) is 1. The molecule has 2 N–H and O–H groups in total. The van der Waals surface area contributed by atoms with Gasteiger partial charge in [-0.15, -0.1) is 0 Å². The van der Waals surface area contributed by atoms with Gasteiger partial charge in [0, 0.05) is 25.4 Å². The zero-order chi connectivity index (χ0) is 14.3. The molecule has 0 heterocycles. The Kier molecular flexibility index (Phi) is 6.89. The summed E-state index contributed by atoms with van der Waals surface area (Å²) in [5.41, 5.74) is 9.69. The van der Waals surface area contributed by atoms with Crippen LogP contribution in [-0.2, 0) is 11.2 Å². The van der Waals surface area contributed by atoms with Crippen molar-refractivity contribution in [2.45, 2.75) is 39.7 Å². The lowest BCUT2D eigenvalue weighted by atomic mass is 10.0. The molecule has 0 bridgehead atoms. The molecule has 0 amide bonds. The standard InChI is InChI=1S/C16H28N2O/c1-5-14(3)18(10-11-19-4)16-7-6-13(2)12-15(16)8-9-17/h6-7,12,14H,5,8-11,17H2,1-4H3. The van der Waals surface area contributed by atoms with Crippen LogP contribution in [0.4, 0.5) is 5.69 Å². The molecule has 1 atom stereocenters. The minimum absolute atomic E-state index is 0.509. The summed E-state index contributed by atoms with van der Waals surface area (Å²) in [5, 5.41) is 0. The summed E-state index contributed by atoms with van der Waals surface area (Å²) in [6, 6.07) is 7.17. The molecule has 0 aliphatic carbocycles. The van der Waals surface area contributed by atoms with Crippen LogP contribution in [0.3, 0.4) is 0 Å². The lowest BCUT2D eigenvalue weighted by Crippen LogP contribution is -2.36. The fourth-order valence-electron chi connectivity index (χ4n) is 2.34. The number of benzene rings is 1. The van der Waals surface area contributed by atoms with Crippen LogP contribution in [-0.4, -0.2) is 32.8 Å². The summed E-state index contributed by atoms with van der Waals surface area (Å²) in [6.07, 6.45) is 2.05. The topological polar surface area (TPSA) is 38.5 Å². The van der Waals surface area contributed by atoms with E-state index in [1.165, 1.54) is 16.8 Å². The third-order valence-electron chi connectivity index (χ3n) is 3.62. The SMILES string of the molecule is CCC(C)N(CCOC)c1ccc(C)cc1CCN. The molecule has 0 aromatic heterocycles. The highest BCUT2D eigenvalue weighted by molar-refractivity contribution is 5.56. The quantitative estimate of drug-likeness (QED) is 0.784. The second-order valence-corrected chi connectivity index (χ2v) is 5.11. The van der Waals surface area contributed by atoms with Crippen molar-refractivity contribution >= 4 is 5.69 Å². The molecule has 0 saturated heterocycles. The number of rotatable bonds is 8. The highest BCUT2D eigenvalue weighted by atomic mass is 16.5. The van der Waals surface area contributed by atoms with Crippen LogP contribution in [0.2, 0.25) is 0 Å². The maximum Gasteiger partial charge on any atom is 0.0637 e. The average Bonchev–Trinajstić information content (AvgIpc) is 2.41. The largest absolute Gasteiger partial charge is 0.383 e. The van der Waals surface area contributed by atoms with Gasteiger partial charge in [0.2, 0.25) is 0 Å². The maximum absolute atomic E-state index is 5.75.